The molecule has 0 saturated carbocycles. The molecule has 0 aliphatic carbocycles. The molecule has 1 atom stereocenters. The summed E-state index contributed by atoms with van der Waals surface area (Å²) in [6.07, 6.45) is 4.70. The van der Waals surface area contributed by atoms with E-state index in [0.717, 1.165) is 39.1 Å². The Labute approximate surface area is 162 Å². The van der Waals surface area contributed by atoms with Gasteiger partial charge in [-0.3, -0.25) is 4.90 Å². The molecule has 27 heavy (non-hydrogen) atoms. The molecule has 150 valence electrons. The van der Waals surface area contributed by atoms with Crippen LogP contribution in [-0.2, 0) is 11.3 Å². The first-order valence-corrected chi connectivity index (χ1v) is 10.2. The van der Waals surface area contributed by atoms with Crippen molar-refractivity contribution in [2.24, 2.45) is 5.41 Å². The van der Waals surface area contributed by atoms with Crippen molar-refractivity contribution in [3.8, 4) is 0 Å². The maximum Gasteiger partial charge on any atom is 0.317 e. The molecule has 6 nitrogen and oxygen atoms in total. The largest absolute Gasteiger partial charge is 0.394 e. The van der Waals surface area contributed by atoms with Gasteiger partial charge in [0.05, 0.1) is 19.8 Å². The predicted molar refractivity (Wildman–Crippen MR) is 105 cm³/mol. The van der Waals surface area contributed by atoms with Crippen molar-refractivity contribution < 1.29 is 14.6 Å². The summed E-state index contributed by atoms with van der Waals surface area (Å²) in [5.74, 6) is 0. The molecule has 1 aromatic rings. The Hall–Kier alpha value is -1.63. The van der Waals surface area contributed by atoms with Gasteiger partial charge in [0.15, 0.2) is 0 Å². The van der Waals surface area contributed by atoms with Gasteiger partial charge in [-0.05, 0) is 37.8 Å². The Kier molecular flexibility index (Phi) is 7.50. The molecule has 3 rings (SSSR count). The molecule has 1 spiro atoms. The number of piperidine rings is 2. The quantitative estimate of drug-likeness (QED) is 0.716. The molecule has 2 aliphatic heterocycles. The first-order valence-electron chi connectivity index (χ1n) is 10.2. The van der Waals surface area contributed by atoms with Crippen LogP contribution in [0.1, 0.15) is 31.2 Å². The van der Waals surface area contributed by atoms with Crippen LogP contribution in [0.15, 0.2) is 30.3 Å². The van der Waals surface area contributed by atoms with E-state index in [2.05, 4.69) is 40.5 Å². The van der Waals surface area contributed by atoms with Gasteiger partial charge >= 0.3 is 6.03 Å². The van der Waals surface area contributed by atoms with Crippen LogP contribution in [-0.4, -0.2) is 73.5 Å². The molecule has 2 heterocycles. The number of amides is 2. The fourth-order valence-electron chi connectivity index (χ4n) is 4.51. The highest BCUT2D eigenvalue weighted by Gasteiger charge is 2.40. The van der Waals surface area contributed by atoms with Crippen LogP contribution in [0.2, 0.25) is 0 Å². The lowest BCUT2D eigenvalue weighted by Gasteiger charge is -2.48. The van der Waals surface area contributed by atoms with Gasteiger partial charge in [-0.25, -0.2) is 4.79 Å². The minimum Gasteiger partial charge on any atom is -0.394 e. The van der Waals surface area contributed by atoms with Crippen molar-refractivity contribution in [2.75, 3.05) is 52.5 Å². The van der Waals surface area contributed by atoms with Crippen molar-refractivity contribution in [1.29, 1.82) is 0 Å². The monoisotopic (exact) mass is 375 g/mol. The van der Waals surface area contributed by atoms with E-state index >= 15 is 0 Å². The van der Waals surface area contributed by atoms with Gasteiger partial charge in [0, 0.05) is 38.1 Å². The van der Waals surface area contributed by atoms with Gasteiger partial charge in [0.2, 0.25) is 0 Å². The van der Waals surface area contributed by atoms with E-state index in [9.17, 15) is 4.79 Å². The lowest BCUT2D eigenvalue weighted by Crippen LogP contribution is -2.55. The molecule has 6 heteroatoms. The third-order valence-electron chi connectivity index (χ3n) is 5.70. The average Bonchev–Trinajstić information content (AvgIpc) is 2.68. The van der Waals surface area contributed by atoms with Gasteiger partial charge in [0.1, 0.15) is 0 Å². The van der Waals surface area contributed by atoms with E-state index in [1.54, 1.807) is 0 Å². The van der Waals surface area contributed by atoms with Crippen LogP contribution in [0.3, 0.4) is 0 Å². The zero-order chi connectivity index (χ0) is 19.0. The second-order valence-corrected chi connectivity index (χ2v) is 7.89. The summed E-state index contributed by atoms with van der Waals surface area (Å²) < 4.78 is 5.21. The summed E-state index contributed by atoms with van der Waals surface area (Å²) in [4.78, 5) is 17.1. The summed E-state index contributed by atoms with van der Waals surface area (Å²) in [6, 6.07) is 10.7. The van der Waals surface area contributed by atoms with Crippen LogP contribution in [0.25, 0.3) is 0 Å². The Bertz CT molecular complexity index is 579. The lowest BCUT2D eigenvalue weighted by molar-refractivity contribution is 0.0229. The van der Waals surface area contributed by atoms with Crippen LogP contribution in [0.4, 0.5) is 4.79 Å². The summed E-state index contributed by atoms with van der Waals surface area (Å²) >= 11 is 0. The first kappa shape index (κ1) is 20.1. The van der Waals surface area contributed by atoms with Crippen LogP contribution < -0.4 is 5.32 Å². The highest BCUT2D eigenvalue weighted by atomic mass is 16.5. The van der Waals surface area contributed by atoms with Crippen LogP contribution >= 0.6 is 0 Å². The molecule has 0 radical (unpaired) electrons. The lowest BCUT2D eigenvalue weighted by atomic mass is 9.73. The summed E-state index contributed by atoms with van der Waals surface area (Å²) in [5, 5.41) is 11.7. The molecule has 2 saturated heterocycles. The van der Waals surface area contributed by atoms with Gasteiger partial charge in [0.25, 0.3) is 0 Å². The van der Waals surface area contributed by atoms with Crippen molar-refractivity contribution in [3.05, 3.63) is 35.9 Å². The number of benzene rings is 1. The van der Waals surface area contributed by atoms with Gasteiger partial charge < -0.3 is 20.1 Å². The van der Waals surface area contributed by atoms with E-state index < -0.39 is 0 Å². The highest BCUT2D eigenvalue weighted by molar-refractivity contribution is 5.74. The first-order chi connectivity index (χ1) is 13.2. The average molecular weight is 376 g/mol. The number of urea groups is 1. The number of hydrogen-bond donors (Lipinski definition) is 2. The van der Waals surface area contributed by atoms with Crippen molar-refractivity contribution >= 4 is 6.03 Å². The molecule has 1 aromatic carbocycles. The maximum absolute atomic E-state index is 12.5. The Morgan fingerprint density at radius 1 is 1.11 bits per heavy atom. The van der Waals surface area contributed by atoms with E-state index in [1.165, 1.54) is 24.8 Å². The smallest absolute Gasteiger partial charge is 0.317 e. The number of rotatable bonds is 7. The Morgan fingerprint density at radius 3 is 2.67 bits per heavy atom. The predicted octanol–water partition coefficient (Wildman–Crippen LogP) is 2.08. The second-order valence-electron chi connectivity index (χ2n) is 7.89. The molecule has 2 amide bonds. The van der Waals surface area contributed by atoms with Gasteiger partial charge in [-0.1, -0.05) is 30.3 Å². The number of carbonyl (C=O) groups excluding carboxylic acids is 1. The number of aliphatic hydroxyl groups is 1. The third-order valence-corrected chi connectivity index (χ3v) is 5.70. The van der Waals surface area contributed by atoms with Gasteiger partial charge in [-0.2, -0.15) is 0 Å². The van der Waals surface area contributed by atoms with E-state index in [0.29, 0.717) is 19.8 Å². The summed E-state index contributed by atoms with van der Waals surface area (Å²) in [7, 11) is 0. The fourth-order valence-corrected chi connectivity index (χ4v) is 4.51. The number of nitrogens with one attached hydrogen (secondary N) is 1. The normalized spacial score (nSPS) is 23.5. The fraction of sp³-hybridized carbons (Fsp3) is 0.667. The van der Waals surface area contributed by atoms with Crippen molar-refractivity contribution in [1.82, 2.24) is 15.1 Å². The SMILES string of the molecule is O=C(NCCOCCO)N1CCC[C@@]2(CCCN(Cc3ccccc3)C2)C1. The Balaban J connectivity index is 1.50. The molecule has 2 fully saturated rings. The topological polar surface area (TPSA) is 65.0 Å². The molecular weight excluding hydrogens is 342 g/mol. The van der Waals surface area contributed by atoms with E-state index in [-0.39, 0.29) is 18.1 Å². The standard InChI is InChI=1S/C21H33N3O3/c25-13-15-27-14-10-22-20(26)24-12-5-9-21(18-24)8-4-11-23(17-21)16-19-6-2-1-3-7-19/h1-3,6-7,25H,4-5,8-18H2,(H,22,26)/t21-/m1/s1. The highest BCUT2D eigenvalue weighted by Crippen LogP contribution is 2.38. The molecule has 0 unspecified atom stereocenters. The number of ether oxygens (including phenoxy) is 1. The minimum atomic E-state index is 0.0156. The third kappa shape index (κ3) is 5.92. The molecule has 0 aromatic heterocycles. The van der Waals surface area contributed by atoms with Crippen molar-refractivity contribution in [2.45, 2.75) is 32.2 Å². The number of carbonyl (C=O) groups is 1. The summed E-state index contributed by atoms with van der Waals surface area (Å²) in [5.41, 5.74) is 1.60. The zero-order valence-corrected chi connectivity index (χ0v) is 16.2. The molecule has 2 aliphatic rings. The molecule has 0 bridgehead atoms. The minimum absolute atomic E-state index is 0.0156. The van der Waals surface area contributed by atoms with Crippen LogP contribution in [0, 0.1) is 5.41 Å². The molecular formula is C21H33N3O3. The van der Waals surface area contributed by atoms with Crippen molar-refractivity contribution in [3.63, 3.8) is 0 Å². The number of aliphatic hydroxyl groups excluding tert-OH is 1. The molecule has 2 N–H and O–H groups in total. The van der Waals surface area contributed by atoms with Crippen LogP contribution in [0.5, 0.6) is 0 Å². The maximum atomic E-state index is 12.5. The zero-order valence-electron chi connectivity index (χ0n) is 16.2. The number of likely N-dealkylation sites (tertiary alicyclic amines) is 2. The van der Waals surface area contributed by atoms with E-state index in [1.807, 2.05) is 4.90 Å². The Morgan fingerprint density at radius 2 is 1.89 bits per heavy atom. The second kappa shape index (κ2) is 10.1. The number of hydrogen-bond acceptors (Lipinski definition) is 4. The van der Waals surface area contributed by atoms with Gasteiger partial charge in [-0.15, -0.1) is 0 Å². The summed E-state index contributed by atoms with van der Waals surface area (Å²) in [6.45, 7) is 6.17. The van der Waals surface area contributed by atoms with E-state index in [4.69, 9.17) is 9.84 Å². The number of nitrogens with zero attached hydrogens (tertiary/aromatic N) is 2.